The van der Waals surface area contributed by atoms with Crippen molar-refractivity contribution in [2.75, 3.05) is 31.1 Å². The average Bonchev–Trinajstić information content (AvgIpc) is 2.84. The molecule has 2 aliphatic rings. The number of hydrogen-bond acceptors (Lipinski definition) is 3. The zero-order chi connectivity index (χ0) is 23.5. The van der Waals surface area contributed by atoms with Crippen LogP contribution >= 0.6 is 0 Å². The summed E-state index contributed by atoms with van der Waals surface area (Å²) in [6, 6.07) is 20.0. The van der Waals surface area contributed by atoms with Gasteiger partial charge >= 0.3 is 0 Å². The Balaban J connectivity index is 2.05. The normalized spacial score (nSPS) is 12.3. The Bertz CT molecular complexity index is 1330. The Labute approximate surface area is 197 Å². The molecular weight excluding hydrogens is 432 g/mol. The van der Waals surface area contributed by atoms with Crippen LogP contribution in [0.15, 0.2) is 70.0 Å². The molecule has 5 nitrogen and oxygen atoms in total. The molecule has 0 bridgehead atoms. The van der Waals surface area contributed by atoms with E-state index in [4.69, 9.17) is 4.42 Å². The lowest BCUT2D eigenvalue weighted by Crippen LogP contribution is -2.29. The zero-order valence-electron chi connectivity index (χ0n) is 19.7. The molecule has 0 amide bonds. The van der Waals surface area contributed by atoms with Crippen molar-refractivity contribution in [3.63, 3.8) is 0 Å². The zero-order valence-corrected chi connectivity index (χ0v) is 20.5. The monoisotopic (exact) mass is 463 g/mol. The average molecular weight is 464 g/mol. The minimum Gasteiger partial charge on any atom is -0.456 e. The maximum Gasteiger partial charge on any atom is 0.203 e. The third-order valence-corrected chi connectivity index (χ3v) is 6.97. The van der Waals surface area contributed by atoms with Crippen molar-refractivity contribution < 1.29 is 13.2 Å². The van der Waals surface area contributed by atoms with Gasteiger partial charge in [0.1, 0.15) is 24.4 Å². The van der Waals surface area contributed by atoms with E-state index in [2.05, 4.69) is 73.6 Å². The summed E-state index contributed by atoms with van der Waals surface area (Å²) in [4.78, 5) is 2.69. The Kier molecular flexibility index (Phi) is 6.96. The van der Waals surface area contributed by atoms with Crippen LogP contribution in [0.5, 0.6) is 0 Å². The molecule has 1 heterocycles. The first-order valence-corrected chi connectivity index (χ1v) is 12.7. The molecule has 2 aromatic rings. The van der Waals surface area contributed by atoms with Gasteiger partial charge in [0.2, 0.25) is 5.36 Å². The van der Waals surface area contributed by atoms with Crippen molar-refractivity contribution in [1.29, 1.82) is 0 Å². The number of nitrogens with zero attached hydrogens (tertiary/aromatic N) is 2. The first kappa shape index (κ1) is 23.2. The van der Waals surface area contributed by atoms with E-state index >= 15 is 0 Å². The molecular formula is C27H31N2O3S+. The van der Waals surface area contributed by atoms with E-state index in [1.165, 1.54) is 0 Å². The van der Waals surface area contributed by atoms with Crippen LogP contribution in [0.3, 0.4) is 0 Å². The SMILES string of the molecule is CCN(CC)c1ccc2c(-c3ccc(S(=O)O)cc3)c3ccc(=[N+](CC)CC)cc-3oc2c1. The quantitative estimate of drug-likeness (QED) is 0.225. The van der Waals surface area contributed by atoms with Gasteiger partial charge in [-0.05, 0) is 63.6 Å². The molecule has 6 heteroatoms. The van der Waals surface area contributed by atoms with Crippen molar-refractivity contribution in [3.05, 3.63) is 66.0 Å². The van der Waals surface area contributed by atoms with Crippen LogP contribution in [-0.2, 0) is 11.1 Å². The van der Waals surface area contributed by atoms with E-state index in [1.807, 2.05) is 12.1 Å². The van der Waals surface area contributed by atoms with E-state index in [1.54, 1.807) is 12.1 Å². The summed E-state index contributed by atoms with van der Waals surface area (Å²) in [5, 5.41) is 2.15. The van der Waals surface area contributed by atoms with E-state index in [0.29, 0.717) is 4.90 Å². The number of hydrogen-bond donors (Lipinski definition) is 1. The van der Waals surface area contributed by atoms with Crippen LogP contribution in [-0.4, -0.2) is 34.9 Å². The maximum absolute atomic E-state index is 11.5. The molecule has 1 unspecified atom stereocenters. The number of fused-ring (bicyclic) bond motifs is 2. The molecule has 2 aromatic carbocycles. The summed E-state index contributed by atoms with van der Waals surface area (Å²) in [7, 11) is 0. The Morgan fingerprint density at radius 3 is 2.21 bits per heavy atom. The number of benzene rings is 3. The second-order valence-corrected chi connectivity index (χ2v) is 8.93. The third kappa shape index (κ3) is 4.45. The van der Waals surface area contributed by atoms with Gasteiger partial charge in [0.15, 0.2) is 11.1 Å². The molecule has 1 atom stereocenters. The van der Waals surface area contributed by atoms with Crippen molar-refractivity contribution in [1.82, 2.24) is 4.58 Å². The Morgan fingerprint density at radius 1 is 0.909 bits per heavy atom. The van der Waals surface area contributed by atoms with Crippen LogP contribution in [0.2, 0.25) is 0 Å². The van der Waals surface area contributed by atoms with E-state index in [0.717, 1.165) is 70.6 Å². The Hall–Kier alpha value is -2.96. The fraction of sp³-hybridized carbons (Fsp3) is 0.296. The highest BCUT2D eigenvalue weighted by atomic mass is 32.2. The highest BCUT2D eigenvalue weighted by molar-refractivity contribution is 7.79. The van der Waals surface area contributed by atoms with E-state index in [9.17, 15) is 8.76 Å². The van der Waals surface area contributed by atoms with Gasteiger partial charge in [-0.15, -0.1) is 0 Å². The van der Waals surface area contributed by atoms with Crippen LogP contribution in [0, 0.1) is 0 Å². The molecule has 1 aliphatic heterocycles. The van der Waals surface area contributed by atoms with Crippen molar-refractivity contribution in [3.8, 4) is 22.5 Å². The summed E-state index contributed by atoms with van der Waals surface area (Å²) in [6.45, 7) is 12.3. The van der Waals surface area contributed by atoms with Crippen LogP contribution < -0.4 is 14.8 Å². The highest BCUT2D eigenvalue weighted by Crippen LogP contribution is 2.40. The fourth-order valence-corrected chi connectivity index (χ4v) is 4.86. The first-order chi connectivity index (χ1) is 16.0. The van der Waals surface area contributed by atoms with Crippen LogP contribution in [0.25, 0.3) is 33.4 Å². The lowest BCUT2D eigenvalue weighted by Gasteiger charge is -2.22. The predicted octanol–water partition coefficient (Wildman–Crippen LogP) is 5.44. The molecule has 0 radical (unpaired) electrons. The van der Waals surface area contributed by atoms with Gasteiger partial charge in [-0.3, -0.25) is 0 Å². The topological polar surface area (TPSA) is 56.7 Å². The minimum absolute atomic E-state index is 0.389. The summed E-state index contributed by atoms with van der Waals surface area (Å²) in [6.07, 6.45) is 0. The standard InChI is InChI=1S/C27H30N2O3S/c1-5-28(6-2)20-11-15-23-25(17-20)32-26-18-21(29(7-3)8-4)12-16-24(26)27(23)19-9-13-22(14-10-19)33(30)31/h9-18H,5-8H2,1-4H3/p+1. The fourth-order valence-electron chi connectivity index (χ4n) is 4.49. The number of rotatable bonds is 7. The second kappa shape index (κ2) is 9.89. The molecule has 4 rings (SSSR count). The summed E-state index contributed by atoms with van der Waals surface area (Å²) in [5.41, 5.74) is 5.03. The molecule has 172 valence electrons. The van der Waals surface area contributed by atoms with Gasteiger partial charge < -0.3 is 13.9 Å². The smallest absolute Gasteiger partial charge is 0.203 e. The number of anilines is 1. The van der Waals surface area contributed by atoms with Gasteiger partial charge in [-0.1, -0.05) is 12.1 Å². The molecule has 0 fully saturated rings. The van der Waals surface area contributed by atoms with E-state index in [-0.39, 0.29) is 0 Å². The van der Waals surface area contributed by atoms with Gasteiger partial charge in [0, 0.05) is 47.4 Å². The summed E-state index contributed by atoms with van der Waals surface area (Å²) >= 11 is -2.00. The van der Waals surface area contributed by atoms with Crippen molar-refractivity contribution in [2.24, 2.45) is 0 Å². The van der Waals surface area contributed by atoms with Gasteiger partial charge in [-0.2, -0.15) is 0 Å². The van der Waals surface area contributed by atoms with Crippen LogP contribution in [0.4, 0.5) is 5.69 Å². The first-order valence-electron chi connectivity index (χ1n) is 11.5. The van der Waals surface area contributed by atoms with Gasteiger partial charge in [0.05, 0.1) is 11.0 Å². The molecule has 0 saturated heterocycles. The highest BCUT2D eigenvalue weighted by Gasteiger charge is 2.19. The molecule has 1 aliphatic carbocycles. The van der Waals surface area contributed by atoms with Gasteiger partial charge in [0.25, 0.3) is 0 Å². The molecule has 33 heavy (non-hydrogen) atoms. The predicted molar refractivity (Wildman–Crippen MR) is 137 cm³/mol. The van der Waals surface area contributed by atoms with Crippen molar-refractivity contribution in [2.45, 2.75) is 32.6 Å². The lowest BCUT2D eigenvalue weighted by molar-refractivity contribution is 0.564. The molecule has 0 saturated carbocycles. The van der Waals surface area contributed by atoms with Crippen LogP contribution in [0.1, 0.15) is 27.7 Å². The lowest BCUT2D eigenvalue weighted by atomic mass is 9.93. The minimum atomic E-state index is -2.00. The summed E-state index contributed by atoms with van der Waals surface area (Å²) < 4.78 is 29.7. The van der Waals surface area contributed by atoms with Gasteiger partial charge in [-0.25, -0.2) is 8.78 Å². The molecule has 0 aromatic heterocycles. The Morgan fingerprint density at radius 2 is 1.61 bits per heavy atom. The largest absolute Gasteiger partial charge is 0.456 e. The summed E-state index contributed by atoms with van der Waals surface area (Å²) in [5.74, 6) is 0.827. The maximum atomic E-state index is 11.5. The third-order valence-electron chi connectivity index (χ3n) is 6.29. The second-order valence-electron chi connectivity index (χ2n) is 7.96. The molecule has 0 spiro atoms. The van der Waals surface area contributed by atoms with Crippen molar-refractivity contribution >= 4 is 27.7 Å². The van der Waals surface area contributed by atoms with E-state index < -0.39 is 11.1 Å². The molecule has 1 N–H and O–H groups in total.